The number of carbonyl (C=O) groups excluding carboxylic acids is 1. The van der Waals surface area contributed by atoms with Crippen molar-refractivity contribution in [1.82, 2.24) is 0 Å². The summed E-state index contributed by atoms with van der Waals surface area (Å²) in [4.78, 5) is 12.3. The Hall–Kier alpha value is -2.49. The van der Waals surface area contributed by atoms with E-state index in [1.54, 1.807) is 6.92 Å². The van der Waals surface area contributed by atoms with Crippen LogP contribution in [-0.4, -0.2) is 18.1 Å². The van der Waals surface area contributed by atoms with Gasteiger partial charge in [0.1, 0.15) is 11.5 Å². The molecule has 3 rings (SSSR count). The smallest absolute Gasteiger partial charge is 0.265 e. The summed E-state index contributed by atoms with van der Waals surface area (Å²) in [7, 11) is 0. The summed E-state index contributed by atoms with van der Waals surface area (Å²) in [6.45, 7) is 3.74. The SMILES string of the molecule is Cc1cccc(OC(C)C(=O)Nc2ccc(OC3CCCC3)cc2)c1. The van der Waals surface area contributed by atoms with E-state index in [4.69, 9.17) is 9.47 Å². The number of hydrogen-bond acceptors (Lipinski definition) is 3. The molecule has 1 amide bonds. The molecule has 1 aliphatic rings. The van der Waals surface area contributed by atoms with Gasteiger partial charge in [0, 0.05) is 5.69 Å². The van der Waals surface area contributed by atoms with Crippen molar-refractivity contribution in [2.24, 2.45) is 0 Å². The number of anilines is 1. The molecule has 0 aliphatic heterocycles. The molecule has 1 N–H and O–H groups in total. The molecule has 1 unspecified atom stereocenters. The second-order valence-electron chi connectivity index (χ2n) is 6.61. The molecule has 1 atom stereocenters. The molecule has 0 heterocycles. The highest BCUT2D eigenvalue weighted by Crippen LogP contribution is 2.25. The van der Waals surface area contributed by atoms with Crippen molar-refractivity contribution in [3.63, 3.8) is 0 Å². The fourth-order valence-electron chi connectivity index (χ4n) is 3.01. The molecule has 4 nitrogen and oxygen atoms in total. The molecule has 0 spiro atoms. The highest BCUT2D eigenvalue weighted by Gasteiger charge is 2.17. The number of nitrogens with one attached hydrogen (secondary N) is 1. The van der Waals surface area contributed by atoms with Crippen LogP contribution in [0.5, 0.6) is 11.5 Å². The van der Waals surface area contributed by atoms with Crippen molar-refractivity contribution >= 4 is 11.6 Å². The normalized spacial score (nSPS) is 15.6. The third-order valence-electron chi connectivity index (χ3n) is 4.40. The van der Waals surface area contributed by atoms with Crippen LogP contribution >= 0.6 is 0 Å². The number of aryl methyl sites for hydroxylation is 1. The van der Waals surface area contributed by atoms with Gasteiger partial charge in [-0.15, -0.1) is 0 Å². The van der Waals surface area contributed by atoms with Crippen molar-refractivity contribution < 1.29 is 14.3 Å². The Balaban J connectivity index is 1.53. The Morgan fingerprint density at radius 3 is 2.48 bits per heavy atom. The van der Waals surface area contributed by atoms with Crippen molar-refractivity contribution in [2.45, 2.75) is 51.7 Å². The molecule has 2 aromatic carbocycles. The van der Waals surface area contributed by atoms with Crippen LogP contribution in [-0.2, 0) is 4.79 Å². The zero-order valence-electron chi connectivity index (χ0n) is 14.8. The maximum absolute atomic E-state index is 12.3. The maximum Gasteiger partial charge on any atom is 0.265 e. The van der Waals surface area contributed by atoms with E-state index in [1.165, 1.54) is 12.8 Å². The van der Waals surface area contributed by atoms with E-state index in [-0.39, 0.29) is 5.91 Å². The summed E-state index contributed by atoms with van der Waals surface area (Å²) in [6.07, 6.45) is 4.52. The Morgan fingerprint density at radius 1 is 1.08 bits per heavy atom. The van der Waals surface area contributed by atoms with Gasteiger partial charge in [-0.25, -0.2) is 0 Å². The topological polar surface area (TPSA) is 47.6 Å². The second kappa shape index (κ2) is 8.06. The summed E-state index contributed by atoms with van der Waals surface area (Å²) in [5.74, 6) is 1.38. The molecular formula is C21H25NO3. The van der Waals surface area contributed by atoms with E-state index < -0.39 is 6.10 Å². The number of carbonyl (C=O) groups is 1. The number of rotatable bonds is 6. The van der Waals surface area contributed by atoms with E-state index in [1.807, 2.05) is 55.5 Å². The maximum atomic E-state index is 12.3. The zero-order valence-corrected chi connectivity index (χ0v) is 14.8. The van der Waals surface area contributed by atoms with Crippen LogP contribution in [0, 0.1) is 6.92 Å². The van der Waals surface area contributed by atoms with Crippen LogP contribution < -0.4 is 14.8 Å². The highest BCUT2D eigenvalue weighted by atomic mass is 16.5. The van der Waals surface area contributed by atoms with Gasteiger partial charge in [0.25, 0.3) is 5.91 Å². The van der Waals surface area contributed by atoms with Crippen molar-refractivity contribution in [3.05, 3.63) is 54.1 Å². The van der Waals surface area contributed by atoms with Crippen LogP contribution in [0.4, 0.5) is 5.69 Å². The van der Waals surface area contributed by atoms with Crippen molar-refractivity contribution in [2.75, 3.05) is 5.32 Å². The van der Waals surface area contributed by atoms with E-state index >= 15 is 0 Å². The molecule has 4 heteroatoms. The van der Waals surface area contributed by atoms with E-state index in [0.717, 1.165) is 29.8 Å². The molecule has 25 heavy (non-hydrogen) atoms. The van der Waals surface area contributed by atoms with Crippen molar-refractivity contribution in [1.29, 1.82) is 0 Å². The lowest BCUT2D eigenvalue weighted by Gasteiger charge is -2.16. The van der Waals surface area contributed by atoms with E-state index in [2.05, 4.69) is 5.32 Å². The van der Waals surface area contributed by atoms with E-state index in [9.17, 15) is 4.79 Å². The Morgan fingerprint density at radius 2 is 1.80 bits per heavy atom. The number of benzene rings is 2. The first kappa shape index (κ1) is 17.3. The van der Waals surface area contributed by atoms with Crippen LogP contribution in [0.15, 0.2) is 48.5 Å². The minimum atomic E-state index is -0.573. The number of amides is 1. The Labute approximate surface area is 149 Å². The lowest BCUT2D eigenvalue weighted by Crippen LogP contribution is -2.30. The predicted molar refractivity (Wildman–Crippen MR) is 99.2 cm³/mol. The molecule has 1 aliphatic carbocycles. The van der Waals surface area contributed by atoms with Crippen LogP contribution in [0.25, 0.3) is 0 Å². The van der Waals surface area contributed by atoms with Crippen LogP contribution in [0.3, 0.4) is 0 Å². The molecule has 132 valence electrons. The summed E-state index contributed by atoms with van der Waals surface area (Å²) in [6, 6.07) is 15.2. The molecular weight excluding hydrogens is 314 g/mol. The largest absolute Gasteiger partial charge is 0.490 e. The van der Waals surface area contributed by atoms with Gasteiger partial charge >= 0.3 is 0 Å². The molecule has 0 saturated heterocycles. The quantitative estimate of drug-likeness (QED) is 0.828. The second-order valence-corrected chi connectivity index (χ2v) is 6.61. The van der Waals surface area contributed by atoms with Gasteiger partial charge in [-0.3, -0.25) is 4.79 Å². The van der Waals surface area contributed by atoms with Crippen LogP contribution in [0.1, 0.15) is 38.2 Å². The van der Waals surface area contributed by atoms with Gasteiger partial charge in [0.2, 0.25) is 0 Å². The standard InChI is InChI=1S/C21H25NO3/c1-15-6-5-9-20(14-15)24-16(2)21(23)22-17-10-12-19(13-11-17)25-18-7-3-4-8-18/h5-6,9-14,16,18H,3-4,7-8H2,1-2H3,(H,22,23). The van der Waals surface area contributed by atoms with Crippen LogP contribution in [0.2, 0.25) is 0 Å². The molecule has 1 saturated carbocycles. The number of ether oxygens (including phenoxy) is 2. The minimum absolute atomic E-state index is 0.175. The van der Waals surface area contributed by atoms with E-state index in [0.29, 0.717) is 11.9 Å². The molecule has 2 aromatic rings. The lowest BCUT2D eigenvalue weighted by atomic mass is 10.2. The first-order valence-electron chi connectivity index (χ1n) is 8.91. The predicted octanol–water partition coefficient (Wildman–Crippen LogP) is 4.72. The summed E-state index contributed by atoms with van der Waals surface area (Å²) in [5.41, 5.74) is 1.84. The molecule has 0 radical (unpaired) electrons. The Bertz CT molecular complexity index is 705. The van der Waals surface area contributed by atoms with Gasteiger partial charge in [-0.05, 0) is 81.5 Å². The molecule has 0 aromatic heterocycles. The first-order chi connectivity index (χ1) is 12.1. The first-order valence-corrected chi connectivity index (χ1v) is 8.91. The molecule has 1 fully saturated rings. The average Bonchev–Trinajstić information content (AvgIpc) is 3.09. The summed E-state index contributed by atoms with van der Waals surface area (Å²) in [5, 5.41) is 2.88. The van der Waals surface area contributed by atoms with Crippen molar-refractivity contribution in [3.8, 4) is 11.5 Å². The van der Waals surface area contributed by atoms with Gasteiger partial charge < -0.3 is 14.8 Å². The number of hydrogen-bond donors (Lipinski definition) is 1. The van der Waals surface area contributed by atoms with Gasteiger partial charge in [0.05, 0.1) is 6.10 Å². The third-order valence-corrected chi connectivity index (χ3v) is 4.40. The average molecular weight is 339 g/mol. The van der Waals surface area contributed by atoms with Gasteiger partial charge in [-0.1, -0.05) is 12.1 Å². The zero-order chi connectivity index (χ0) is 17.6. The minimum Gasteiger partial charge on any atom is -0.490 e. The van der Waals surface area contributed by atoms with Gasteiger partial charge in [-0.2, -0.15) is 0 Å². The molecule has 0 bridgehead atoms. The highest BCUT2D eigenvalue weighted by molar-refractivity contribution is 5.94. The fraction of sp³-hybridized carbons (Fsp3) is 0.381. The lowest BCUT2D eigenvalue weighted by molar-refractivity contribution is -0.122. The third kappa shape index (κ3) is 4.99. The van der Waals surface area contributed by atoms with Gasteiger partial charge in [0.15, 0.2) is 6.10 Å². The summed E-state index contributed by atoms with van der Waals surface area (Å²) >= 11 is 0. The monoisotopic (exact) mass is 339 g/mol. The Kier molecular flexibility index (Phi) is 5.59. The fourth-order valence-corrected chi connectivity index (χ4v) is 3.01. The summed E-state index contributed by atoms with van der Waals surface area (Å²) < 4.78 is 11.6.